The van der Waals surface area contributed by atoms with Crippen molar-refractivity contribution < 1.29 is 22.7 Å². The molecule has 3 aromatic rings. The molecule has 3 rings (SSSR count). The number of carbonyl (C=O) groups is 2. The van der Waals surface area contributed by atoms with Gasteiger partial charge in [0, 0.05) is 23.0 Å². The first-order valence-corrected chi connectivity index (χ1v) is 16.9. The Hall–Kier alpha value is -3.21. The summed E-state index contributed by atoms with van der Waals surface area (Å²) >= 11 is 7.70. The molecule has 1 N–H and O–H groups in total. The van der Waals surface area contributed by atoms with E-state index in [1.54, 1.807) is 61.5 Å². The minimum absolute atomic E-state index is 0.0498. The Morgan fingerprint density at radius 3 is 2.31 bits per heavy atom. The molecule has 0 aliphatic rings. The number of rotatable bonds is 15. The lowest BCUT2D eigenvalue weighted by atomic mass is 10.1. The number of amides is 2. The molecular formula is C31H38ClN3O5S2. The van der Waals surface area contributed by atoms with Crippen molar-refractivity contribution in [2.24, 2.45) is 0 Å². The van der Waals surface area contributed by atoms with Gasteiger partial charge in [0.1, 0.15) is 18.3 Å². The van der Waals surface area contributed by atoms with Crippen LogP contribution in [0.5, 0.6) is 5.75 Å². The second-order valence-corrected chi connectivity index (χ2v) is 12.8. The third-order valence-electron chi connectivity index (χ3n) is 6.60. The van der Waals surface area contributed by atoms with Crippen LogP contribution in [0.1, 0.15) is 39.2 Å². The third-order valence-corrected chi connectivity index (χ3v) is 9.37. The Bertz CT molecular complexity index is 1430. The SMILES string of the molecule is CCCCNC(=O)C(C)N(Cc1cccc(Cl)c1)C(=O)CN(c1ccc(OCC)cc1)S(=O)(=O)c1ccc(SC)cc1. The first-order valence-electron chi connectivity index (χ1n) is 13.8. The number of hydrogen-bond acceptors (Lipinski definition) is 6. The van der Waals surface area contributed by atoms with E-state index in [0.717, 1.165) is 22.0 Å². The predicted octanol–water partition coefficient (Wildman–Crippen LogP) is 5.99. The average Bonchev–Trinajstić information content (AvgIpc) is 2.99. The first-order chi connectivity index (χ1) is 20.1. The van der Waals surface area contributed by atoms with Gasteiger partial charge >= 0.3 is 0 Å². The number of unbranched alkanes of at least 4 members (excludes halogenated alkanes) is 1. The highest BCUT2D eigenvalue weighted by atomic mass is 35.5. The summed E-state index contributed by atoms with van der Waals surface area (Å²) in [6.07, 6.45) is 3.62. The van der Waals surface area contributed by atoms with Crippen molar-refractivity contribution in [3.05, 3.63) is 83.4 Å². The standard InChI is InChI=1S/C31H38ClN3O5S2/c1-5-7-19-33-31(37)23(3)34(21-24-9-8-10-25(32)20-24)30(36)22-35(26-11-13-27(14-12-26)40-6-2)42(38,39)29-17-15-28(41-4)16-18-29/h8-18,20,23H,5-7,19,21-22H2,1-4H3,(H,33,37). The third kappa shape index (κ3) is 8.89. The predicted molar refractivity (Wildman–Crippen MR) is 170 cm³/mol. The van der Waals surface area contributed by atoms with E-state index in [1.807, 2.05) is 26.2 Å². The molecule has 3 aromatic carbocycles. The quantitative estimate of drug-likeness (QED) is 0.164. The van der Waals surface area contributed by atoms with Gasteiger partial charge in [0.15, 0.2) is 0 Å². The normalized spacial score (nSPS) is 11.9. The van der Waals surface area contributed by atoms with Crippen LogP contribution >= 0.6 is 23.4 Å². The van der Waals surface area contributed by atoms with Crippen molar-refractivity contribution in [2.75, 3.05) is 30.3 Å². The van der Waals surface area contributed by atoms with E-state index in [9.17, 15) is 18.0 Å². The van der Waals surface area contributed by atoms with Gasteiger partial charge in [-0.15, -0.1) is 11.8 Å². The van der Waals surface area contributed by atoms with Crippen LogP contribution < -0.4 is 14.4 Å². The van der Waals surface area contributed by atoms with E-state index in [4.69, 9.17) is 16.3 Å². The van der Waals surface area contributed by atoms with Gasteiger partial charge in [-0.1, -0.05) is 37.1 Å². The van der Waals surface area contributed by atoms with Crippen molar-refractivity contribution in [1.82, 2.24) is 10.2 Å². The number of carbonyl (C=O) groups excluding carboxylic acids is 2. The van der Waals surface area contributed by atoms with Crippen molar-refractivity contribution >= 4 is 50.9 Å². The van der Waals surface area contributed by atoms with Crippen LogP contribution in [0.3, 0.4) is 0 Å². The number of nitrogens with zero attached hydrogens (tertiary/aromatic N) is 2. The molecule has 0 aliphatic carbocycles. The van der Waals surface area contributed by atoms with E-state index in [0.29, 0.717) is 35.2 Å². The van der Waals surface area contributed by atoms with E-state index in [-0.39, 0.29) is 17.3 Å². The smallest absolute Gasteiger partial charge is 0.264 e. The highest BCUT2D eigenvalue weighted by Crippen LogP contribution is 2.28. The van der Waals surface area contributed by atoms with Crippen LogP contribution in [-0.2, 0) is 26.2 Å². The molecule has 1 unspecified atom stereocenters. The number of nitrogens with one attached hydrogen (secondary N) is 1. The van der Waals surface area contributed by atoms with E-state index < -0.39 is 28.5 Å². The molecule has 0 heterocycles. The van der Waals surface area contributed by atoms with Gasteiger partial charge in [0.2, 0.25) is 11.8 Å². The zero-order chi connectivity index (χ0) is 30.7. The largest absolute Gasteiger partial charge is 0.494 e. The fourth-order valence-corrected chi connectivity index (χ4v) is 6.26. The fourth-order valence-electron chi connectivity index (χ4n) is 4.23. The highest BCUT2D eigenvalue weighted by molar-refractivity contribution is 7.98. The maximum absolute atomic E-state index is 14.0. The number of thioether (sulfide) groups is 1. The molecule has 0 aliphatic heterocycles. The summed E-state index contributed by atoms with van der Waals surface area (Å²) in [5, 5.41) is 3.37. The highest BCUT2D eigenvalue weighted by Gasteiger charge is 2.32. The summed E-state index contributed by atoms with van der Waals surface area (Å²) < 4.78 is 34.6. The summed E-state index contributed by atoms with van der Waals surface area (Å²) in [6.45, 7) is 6.01. The molecule has 0 bridgehead atoms. The lowest BCUT2D eigenvalue weighted by Crippen LogP contribution is -2.51. The van der Waals surface area contributed by atoms with Gasteiger partial charge in [0.25, 0.3) is 10.0 Å². The molecule has 0 radical (unpaired) electrons. The zero-order valence-corrected chi connectivity index (χ0v) is 26.8. The number of halogens is 1. The van der Waals surface area contributed by atoms with Crippen LogP contribution in [0.15, 0.2) is 82.6 Å². The van der Waals surface area contributed by atoms with Gasteiger partial charge in [-0.05, 0) is 92.8 Å². The maximum atomic E-state index is 14.0. The lowest BCUT2D eigenvalue weighted by Gasteiger charge is -2.32. The molecule has 1 atom stereocenters. The molecule has 0 saturated carbocycles. The number of benzene rings is 3. The minimum Gasteiger partial charge on any atom is -0.494 e. The monoisotopic (exact) mass is 631 g/mol. The molecule has 8 nitrogen and oxygen atoms in total. The summed E-state index contributed by atoms with van der Waals surface area (Å²) in [4.78, 5) is 29.4. The molecule has 0 saturated heterocycles. The summed E-state index contributed by atoms with van der Waals surface area (Å²) in [6, 6.07) is 19.2. The Morgan fingerprint density at radius 1 is 1.02 bits per heavy atom. The number of hydrogen-bond donors (Lipinski definition) is 1. The second-order valence-electron chi connectivity index (χ2n) is 9.59. The van der Waals surface area contributed by atoms with Gasteiger partial charge in [-0.3, -0.25) is 13.9 Å². The first kappa shape index (κ1) is 33.3. The minimum atomic E-state index is -4.16. The second kappa shape index (κ2) is 15.9. The van der Waals surface area contributed by atoms with Gasteiger partial charge in [0.05, 0.1) is 17.2 Å². The molecule has 0 aromatic heterocycles. The fraction of sp³-hybridized carbons (Fsp3) is 0.355. The van der Waals surface area contributed by atoms with Gasteiger partial charge in [-0.25, -0.2) is 8.42 Å². The Balaban J connectivity index is 2.01. The summed E-state index contributed by atoms with van der Waals surface area (Å²) in [5.74, 6) is -0.275. The van der Waals surface area contributed by atoms with Crippen molar-refractivity contribution in [1.29, 1.82) is 0 Å². The van der Waals surface area contributed by atoms with Crippen molar-refractivity contribution in [2.45, 2.75) is 56.0 Å². The molecule has 0 fully saturated rings. The van der Waals surface area contributed by atoms with Gasteiger partial charge in [-0.2, -0.15) is 0 Å². The number of anilines is 1. The Morgan fingerprint density at radius 2 is 1.71 bits per heavy atom. The lowest BCUT2D eigenvalue weighted by molar-refractivity contribution is -0.139. The van der Waals surface area contributed by atoms with Crippen LogP contribution in [-0.4, -0.2) is 57.1 Å². The molecule has 0 spiro atoms. The Labute approximate surface area is 258 Å². The number of sulfonamides is 1. The molecule has 2 amide bonds. The molecule has 42 heavy (non-hydrogen) atoms. The summed E-state index contributed by atoms with van der Waals surface area (Å²) in [7, 11) is -4.16. The van der Waals surface area contributed by atoms with Crippen molar-refractivity contribution in [3.63, 3.8) is 0 Å². The maximum Gasteiger partial charge on any atom is 0.264 e. The molecule has 11 heteroatoms. The number of ether oxygens (including phenoxy) is 1. The van der Waals surface area contributed by atoms with E-state index in [2.05, 4.69) is 5.32 Å². The zero-order valence-electron chi connectivity index (χ0n) is 24.4. The topological polar surface area (TPSA) is 96.0 Å². The summed E-state index contributed by atoms with van der Waals surface area (Å²) in [5.41, 5.74) is 1.01. The van der Waals surface area contributed by atoms with E-state index >= 15 is 0 Å². The average molecular weight is 632 g/mol. The van der Waals surface area contributed by atoms with Crippen molar-refractivity contribution in [3.8, 4) is 5.75 Å². The van der Waals surface area contributed by atoms with Crippen LogP contribution in [0.4, 0.5) is 5.69 Å². The molecule has 226 valence electrons. The molecular weight excluding hydrogens is 594 g/mol. The van der Waals surface area contributed by atoms with E-state index in [1.165, 1.54) is 28.8 Å². The van der Waals surface area contributed by atoms with Crippen LogP contribution in [0.2, 0.25) is 5.02 Å². The van der Waals surface area contributed by atoms with Crippen LogP contribution in [0, 0.1) is 0 Å². The van der Waals surface area contributed by atoms with Gasteiger partial charge < -0.3 is 15.0 Å². The Kier molecular flexibility index (Phi) is 12.6. The van der Waals surface area contributed by atoms with Crippen LogP contribution in [0.25, 0.3) is 0 Å².